The van der Waals surface area contributed by atoms with E-state index in [-0.39, 0.29) is 19.0 Å². The van der Waals surface area contributed by atoms with Gasteiger partial charge >= 0.3 is 5.97 Å². The molecule has 0 spiro atoms. The minimum absolute atomic E-state index is 0.0162. The average molecular weight is 399 g/mol. The van der Waals surface area contributed by atoms with E-state index in [0.29, 0.717) is 22.3 Å². The molecule has 1 aliphatic rings. The molecular formula is C19H17N3O7. The fourth-order valence-electron chi connectivity index (χ4n) is 2.90. The van der Waals surface area contributed by atoms with Gasteiger partial charge in [0, 0.05) is 0 Å². The van der Waals surface area contributed by atoms with E-state index in [1.54, 1.807) is 12.1 Å². The van der Waals surface area contributed by atoms with Gasteiger partial charge < -0.3 is 29.9 Å². The smallest absolute Gasteiger partial charge is 0.377 e. The molecule has 0 fully saturated rings. The summed E-state index contributed by atoms with van der Waals surface area (Å²) >= 11 is 0. The van der Waals surface area contributed by atoms with Crippen LogP contribution >= 0.6 is 0 Å². The van der Waals surface area contributed by atoms with E-state index in [1.807, 2.05) is 24.3 Å². The highest BCUT2D eigenvalue weighted by Crippen LogP contribution is 2.24. The van der Waals surface area contributed by atoms with Crippen LogP contribution in [0.1, 0.15) is 5.56 Å². The molecule has 1 aliphatic heterocycles. The lowest BCUT2D eigenvalue weighted by Crippen LogP contribution is -2.32. The van der Waals surface area contributed by atoms with E-state index >= 15 is 0 Å². The number of phenolic OH excluding ortho intramolecular Hbond substituents is 1. The Kier molecular flexibility index (Phi) is 4.79. The van der Waals surface area contributed by atoms with Crippen molar-refractivity contribution in [3.05, 3.63) is 59.5 Å². The molecule has 4 N–H and O–H groups in total. The Hall–Kier alpha value is -3.63. The van der Waals surface area contributed by atoms with Gasteiger partial charge in [-0.05, 0) is 29.8 Å². The molecule has 0 aliphatic carbocycles. The monoisotopic (exact) mass is 399 g/mol. The molecule has 3 aromatic rings. The predicted octanol–water partition coefficient (Wildman–Crippen LogP) is 1.26. The summed E-state index contributed by atoms with van der Waals surface area (Å²) in [5.74, 6) is -2.77. The van der Waals surface area contributed by atoms with Crippen LogP contribution in [0.25, 0.3) is 16.7 Å². The lowest BCUT2D eigenvalue weighted by atomic mass is 10.2. The maximum atomic E-state index is 11.2. The molecule has 150 valence electrons. The van der Waals surface area contributed by atoms with Crippen molar-refractivity contribution >= 4 is 17.0 Å². The SMILES string of the molecule is O=C1O[C@H]([C@H](O)COCc2ccc(O)c(-n3nc4ccccc4n3)c2)C(O)=C1O. The normalized spacial score (nSPS) is 17.7. The summed E-state index contributed by atoms with van der Waals surface area (Å²) in [6.45, 7) is -0.211. The Bertz CT molecular complexity index is 1080. The standard InChI is InChI=1S/C19H17N3O7/c23-14-6-5-10(7-13(14)22-20-11-3-1-2-4-12(11)21-22)8-28-9-15(24)18-16(25)17(26)19(27)29-18/h1-7,15,18,23-26H,8-9H2/t15-,18-/m1/s1. The van der Waals surface area contributed by atoms with Crippen LogP contribution in [0.15, 0.2) is 54.0 Å². The molecule has 0 saturated carbocycles. The van der Waals surface area contributed by atoms with Crippen LogP contribution in [0.5, 0.6) is 5.75 Å². The van der Waals surface area contributed by atoms with Crippen molar-refractivity contribution in [1.29, 1.82) is 0 Å². The number of nitrogens with zero attached hydrogens (tertiary/aromatic N) is 3. The number of aromatic nitrogens is 3. The van der Waals surface area contributed by atoms with Crippen molar-refractivity contribution in [2.24, 2.45) is 0 Å². The van der Waals surface area contributed by atoms with E-state index in [4.69, 9.17) is 4.74 Å². The summed E-state index contributed by atoms with van der Waals surface area (Å²) in [6, 6.07) is 12.0. The van der Waals surface area contributed by atoms with Gasteiger partial charge in [-0.25, -0.2) is 4.79 Å². The van der Waals surface area contributed by atoms with E-state index < -0.39 is 29.7 Å². The number of carbonyl (C=O) groups excluding carboxylic acids is 1. The Balaban J connectivity index is 1.44. The number of ether oxygens (including phenoxy) is 2. The quantitative estimate of drug-likeness (QED) is 0.450. The van der Waals surface area contributed by atoms with Crippen LogP contribution in [-0.2, 0) is 20.9 Å². The molecule has 2 aromatic carbocycles. The highest BCUT2D eigenvalue weighted by Gasteiger charge is 2.39. The molecule has 4 rings (SSSR count). The molecule has 29 heavy (non-hydrogen) atoms. The Labute approximate surface area is 163 Å². The van der Waals surface area contributed by atoms with Gasteiger partial charge in [-0.3, -0.25) is 0 Å². The number of hydrogen-bond donors (Lipinski definition) is 4. The molecular weight excluding hydrogens is 382 g/mol. The number of cyclic esters (lactones) is 1. The van der Waals surface area contributed by atoms with E-state index in [0.717, 1.165) is 0 Å². The van der Waals surface area contributed by atoms with E-state index in [2.05, 4.69) is 14.9 Å². The van der Waals surface area contributed by atoms with Crippen molar-refractivity contribution in [2.75, 3.05) is 6.61 Å². The molecule has 2 atom stereocenters. The van der Waals surface area contributed by atoms with Crippen LogP contribution in [0.3, 0.4) is 0 Å². The first-order valence-corrected chi connectivity index (χ1v) is 8.67. The number of esters is 1. The zero-order chi connectivity index (χ0) is 20.5. The molecule has 0 radical (unpaired) electrons. The lowest BCUT2D eigenvalue weighted by Gasteiger charge is -2.17. The molecule has 10 heteroatoms. The summed E-state index contributed by atoms with van der Waals surface area (Å²) in [6.07, 6.45) is -2.74. The maximum Gasteiger partial charge on any atom is 0.377 e. The van der Waals surface area contributed by atoms with Crippen LogP contribution in [0, 0.1) is 0 Å². The molecule has 1 aromatic heterocycles. The highest BCUT2D eigenvalue weighted by atomic mass is 16.6. The van der Waals surface area contributed by atoms with Gasteiger partial charge in [0.1, 0.15) is 28.6 Å². The van der Waals surface area contributed by atoms with Gasteiger partial charge in [-0.1, -0.05) is 18.2 Å². The largest absolute Gasteiger partial charge is 0.506 e. The maximum absolute atomic E-state index is 11.2. The third-order valence-corrected chi connectivity index (χ3v) is 4.39. The second-order valence-electron chi connectivity index (χ2n) is 6.44. The summed E-state index contributed by atoms with van der Waals surface area (Å²) < 4.78 is 10.1. The first-order chi connectivity index (χ1) is 13.9. The number of fused-ring (bicyclic) bond motifs is 1. The van der Waals surface area contributed by atoms with Gasteiger partial charge in [-0.15, -0.1) is 15.0 Å². The molecule has 0 saturated heterocycles. The van der Waals surface area contributed by atoms with Gasteiger partial charge in [0.15, 0.2) is 11.9 Å². The van der Waals surface area contributed by atoms with Gasteiger partial charge in [0.25, 0.3) is 0 Å². The Morgan fingerprint density at radius 3 is 2.41 bits per heavy atom. The number of rotatable bonds is 6. The topological polar surface area (TPSA) is 147 Å². The minimum atomic E-state index is -1.38. The number of aromatic hydroxyl groups is 1. The molecule has 0 amide bonds. The number of carbonyl (C=O) groups is 1. The van der Waals surface area contributed by atoms with Crippen molar-refractivity contribution in [1.82, 2.24) is 15.0 Å². The highest BCUT2D eigenvalue weighted by molar-refractivity contribution is 5.89. The summed E-state index contributed by atoms with van der Waals surface area (Å²) in [5, 5.41) is 47.7. The van der Waals surface area contributed by atoms with E-state index in [1.165, 1.54) is 10.9 Å². The fraction of sp³-hybridized carbons (Fsp3) is 0.211. The number of benzene rings is 2. The first-order valence-electron chi connectivity index (χ1n) is 8.67. The van der Waals surface area contributed by atoms with Gasteiger partial charge in [0.05, 0.1) is 13.2 Å². The minimum Gasteiger partial charge on any atom is -0.506 e. The van der Waals surface area contributed by atoms with Crippen molar-refractivity contribution < 1.29 is 34.7 Å². The Morgan fingerprint density at radius 2 is 1.79 bits per heavy atom. The summed E-state index contributed by atoms with van der Waals surface area (Å²) in [5.41, 5.74) is 2.38. The van der Waals surface area contributed by atoms with Crippen molar-refractivity contribution in [3.63, 3.8) is 0 Å². The van der Waals surface area contributed by atoms with Gasteiger partial charge in [-0.2, -0.15) is 0 Å². The second-order valence-corrected chi connectivity index (χ2v) is 6.44. The van der Waals surface area contributed by atoms with Gasteiger partial charge in [0.2, 0.25) is 5.76 Å². The summed E-state index contributed by atoms with van der Waals surface area (Å²) in [7, 11) is 0. The Morgan fingerprint density at radius 1 is 1.10 bits per heavy atom. The van der Waals surface area contributed by atoms with Crippen molar-refractivity contribution in [2.45, 2.75) is 18.8 Å². The van der Waals surface area contributed by atoms with Crippen LogP contribution in [-0.4, -0.2) is 60.2 Å². The van der Waals surface area contributed by atoms with E-state index in [9.17, 15) is 25.2 Å². The first kappa shape index (κ1) is 18.7. The second kappa shape index (κ2) is 7.41. The number of hydrogen-bond acceptors (Lipinski definition) is 9. The zero-order valence-corrected chi connectivity index (χ0v) is 15.0. The zero-order valence-electron chi connectivity index (χ0n) is 15.0. The number of phenols is 1. The number of aliphatic hydroxyl groups is 3. The summed E-state index contributed by atoms with van der Waals surface area (Å²) in [4.78, 5) is 12.5. The van der Waals surface area contributed by atoms with Crippen molar-refractivity contribution in [3.8, 4) is 11.4 Å². The third-order valence-electron chi connectivity index (χ3n) is 4.39. The van der Waals surface area contributed by atoms with Crippen LogP contribution < -0.4 is 0 Å². The lowest BCUT2D eigenvalue weighted by molar-refractivity contribution is -0.148. The third kappa shape index (κ3) is 3.58. The predicted molar refractivity (Wildman–Crippen MR) is 98.4 cm³/mol. The molecule has 0 bridgehead atoms. The fourth-order valence-corrected chi connectivity index (χ4v) is 2.90. The molecule has 10 nitrogen and oxygen atoms in total. The van der Waals surface area contributed by atoms with Crippen LogP contribution in [0.2, 0.25) is 0 Å². The molecule has 2 heterocycles. The van der Waals surface area contributed by atoms with Crippen LogP contribution in [0.4, 0.5) is 0 Å². The number of aliphatic hydroxyl groups excluding tert-OH is 3. The average Bonchev–Trinajstić information content (AvgIpc) is 3.25. The molecule has 0 unspecified atom stereocenters.